The monoisotopic (exact) mass is 289 g/mol. The van der Waals surface area contributed by atoms with Crippen LogP contribution in [0.5, 0.6) is 0 Å². The van der Waals surface area contributed by atoms with E-state index in [9.17, 15) is 17.6 Å². The molecule has 0 fully saturated rings. The van der Waals surface area contributed by atoms with Crippen molar-refractivity contribution in [1.82, 2.24) is 15.1 Å². The van der Waals surface area contributed by atoms with E-state index in [1.165, 1.54) is 24.9 Å². The number of alkyl halides is 1. The Morgan fingerprint density at radius 2 is 2.21 bits per heavy atom. The van der Waals surface area contributed by atoms with E-state index in [1.54, 1.807) is 0 Å². The number of hydrogen-bond acceptors (Lipinski definition) is 4. The molecule has 2 rings (SSSR count). The molecule has 0 aliphatic carbocycles. The summed E-state index contributed by atoms with van der Waals surface area (Å²) >= 11 is 0. The molecule has 106 valence electrons. The quantitative estimate of drug-likeness (QED) is 0.876. The van der Waals surface area contributed by atoms with Gasteiger partial charge in [0.15, 0.2) is 9.84 Å². The first kappa shape index (κ1) is 14.0. The number of nitrogens with zero attached hydrogens (tertiary/aromatic N) is 2. The molecule has 0 unspecified atom stereocenters. The lowest BCUT2D eigenvalue weighted by atomic mass is 10.1. The van der Waals surface area contributed by atoms with Crippen LogP contribution in [0.25, 0.3) is 0 Å². The minimum atomic E-state index is -3.66. The van der Waals surface area contributed by atoms with Crippen LogP contribution in [0, 0.1) is 0 Å². The third-order valence-corrected chi connectivity index (χ3v) is 4.61. The molecule has 0 spiro atoms. The molecule has 19 heavy (non-hydrogen) atoms. The molecule has 0 aromatic carbocycles. The summed E-state index contributed by atoms with van der Waals surface area (Å²) in [5.74, 6) is -1.43. The van der Waals surface area contributed by atoms with Crippen LogP contribution >= 0.6 is 0 Å². The number of carbonyl (C=O) groups is 1. The molecule has 6 nitrogen and oxygen atoms in total. The normalized spacial score (nSPS) is 16.6. The SMILES string of the molecule is CC(C)(F)CS(=O)(=O)CN1CCc2[nH]ncc2C1=O. The van der Waals surface area contributed by atoms with Crippen molar-refractivity contribution in [2.24, 2.45) is 0 Å². The lowest BCUT2D eigenvalue weighted by Crippen LogP contribution is -2.42. The lowest BCUT2D eigenvalue weighted by Gasteiger charge is -2.27. The minimum absolute atomic E-state index is 0.292. The highest BCUT2D eigenvalue weighted by Gasteiger charge is 2.32. The number of aromatic nitrogens is 2. The number of rotatable bonds is 4. The molecule has 0 saturated carbocycles. The molecule has 2 heterocycles. The van der Waals surface area contributed by atoms with E-state index in [1.807, 2.05) is 0 Å². The Hall–Kier alpha value is -1.44. The van der Waals surface area contributed by atoms with E-state index in [0.717, 1.165) is 0 Å². The number of hydrogen-bond donors (Lipinski definition) is 1. The fraction of sp³-hybridized carbons (Fsp3) is 0.636. The average molecular weight is 289 g/mol. The zero-order valence-corrected chi connectivity index (χ0v) is 11.6. The molecule has 1 aromatic rings. The minimum Gasteiger partial charge on any atom is -0.324 e. The smallest absolute Gasteiger partial charge is 0.258 e. The molecule has 1 aliphatic rings. The number of H-pyrrole nitrogens is 1. The standard InChI is InChI=1S/C11H16FN3O3S/c1-11(2,12)6-19(17,18)7-15-4-3-9-8(10(15)16)5-13-14-9/h5H,3-4,6-7H2,1-2H3,(H,13,14). The van der Waals surface area contributed by atoms with Gasteiger partial charge in [0.2, 0.25) is 0 Å². The van der Waals surface area contributed by atoms with Crippen LogP contribution < -0.4 is 0 Å². The van der Waals surface area contributed by atoms with E-state index >= 15 is 0 Å². The molecule has 1 N–H and O–H groups in total. The Morgan fingerprint density at radius 3 is 2.84 bits per heavy atom. The predicted octanol–water partition coefficient (Wildman–Crippen LogP) is 0.528. The van der Waals surface area contributed by atoms with Crippen molar-refractivity contribution in [1.29, 1.82) is 0 Å². The van der Waals surface area contributed by atoms with Gasteiger partial charge in [-0.25, -0.2) is 12.8 Å². The van der Waals surface area contributed by atoms with Crippen LogP contribution in [0.3, 0.4) is 0 Å². The van der Waals surface area contributed by atoms with Gasteiger partial charge >= 0.3 is 0 Å². The summed E-state index contributed by atoms with van der Waals surface area (Å²) < 4.78 is 37.1. The van der Waals surface area contributed by atoms with Gasteiger partial charge in [0.25, 0.3) is 5.91 Å². The molecule has 0 saturated heterocycles. The van der Waals surface area contributed by atoms with Gasteiger partial charge in [-0.15, -0.1) is 0 Å². The molecular weight excluding hydrogens is 273 g/mol. The summed E-state index contributed by atoms with van der Waals surface area (Å²) in [7, 11) is -3.66. The zero-order chi connectivity index (χ0) is 14.3. The topological polar surface area (TPSA) is 83.1 Å². The Kier molecular flexibility index (Phi) is 3.38. The fourth-order valence-electron chi connectivity index (χ4n) is 2.14. The summed E-state index contributed by atoms with van der Waals surface area (Å²) in [6.45, 7) is 2.70. The summed E-state index contributed by atoms with van der Waals surface area (Å²) in [6, 6.07) is 0. The number of fused-ring (bicyclic) bond motifs is 1. The highest BCUT2D eigenvalue weighted by atomic mass is 32.2. The van der Waals surface area contributed by atoms with Crippen molar-refractivity contribution >= 4 is 15.7 Å². The van der Waals surface area contributed by atoms with E-state index in [2.05, 4.69) is 10.2 Å². The Balaban J connectivity index is 2.12. The largest absolute Gasteiger partial charge is 0.324 e. The van der Waals surface area contributed by atoms with Crippen LogP contribution in [-0.2, 0) is 16.3 Å². The maximum atomic E-state index is 13.4. The van der Waals surface area contributed by atoms with E-state index in [4.69, 9.17) is 0 Å². The Morgan fingerprint density at radius 1 is 1.53 bits per heavy atom. The number of aromatic amines is 1. The van der Waals surface area contributed by atoms with E-state index in [-0.39, 0.29) is 5.91 Å². The maximum absolute atomic E-state index is 13.4. The highest BCUT2D eigenvalue weighted by Crippen LogP contribution is 2.19. The highest BCUT2D eigenvalue weighted by molar-refractivity contribution is 7.91. The van der Waals surface area contributed by atoms with Crippen LogP contribution in [0.2, 0.25) is 0 Å². The van der Waals surface area contributed by atoms with E-state index in [0.29, 0.717) is 24.2 Å². The number of nitrogens with one attached hydrogen (secondary N) is 1. The van der Waals surface area contributed by atoms with Crippen molar-refractivity contribution in [3.8, 4) is 0 Å². The summed E-state index contributed by atoms with van der Waals surface area (Å²) in [6.07, 6.45) is 1.91. The van der Waals surface area contributed by atoms with Gasteiger partial charge in [-0.3, -0.25) is 9.89 Å². The summed E-state index contributed by atoms with van der Waals surface area (Å²) in [5, 5.41) is 6.47. The Labute approximate surface area is 110 Å². The van der Waals surface area contributed by atoms with Crippen LogP contribution in [0.1, 0.15) is 29.9 Å². The van der Waals surface area contributed by atoms with Gasteiger partial charge in [-0.2, -0.15) is 5.10 Å². The first-order valence-electron chi connectivity index (χ1n) is 5.89. The first-order valence-corrected chi connectivity index (χ1v) is 7.71. The first-order chi connectivity index (χ1) is 8.68. The number of sulfone groups is 1. The molecule has 8 heteroatoms. The van der Waals surface area contributed by atoms with Crippen LogP contribution in [0.15, 0.2) is 6.20 Å². The van der Waals surface area contributed by atoms with Crippen molar-refractivity contribution in [2.45, 2.75) is 25.9 Å². The van der Waals surface area contributed by atoms with Crippen molar-refractivity contribution in [3.05, 3.63) is 17.5 Å². The number of amides is 1. The second-order valence-electron chi connectivity index (χ2n) is 5.32. The zero-order valence-electron chi connectivity index (χ0n) is 10.8. The van der Waals surface area contributed by atoms with Gasteiger partial charge in [0.1, 0.15) is 11.5 Å². The molecule has 1 aliphatic heterocycles. The van der Waals surface area contributed by atoms with Crippen LogP contribution in [-0.4, -0.2) is 53.3 Å². The third-order valence-electron chi connectivity index (χ3n) is 2.78. The second kappa shape index (κ2) is 4.59. The summed E-state index contributed by atoms with van der Waals surface area (Å²) in [4.78, 5) is 13.3. The third kappa shape index (κ3) is 3.31. The van der Waals surface area contributed by atoms with Gasteiger partial charge in [-0.1, -0.05) is 0 Å². The van der Waals surface area contributed by atoms with Gasteiger partial charge < -0.3 is 4.90 Å². The second-order valence-corrected chi connectivity index (χ2v) is 7.35. The van der Waals surface area contributed by atoms with Gasteiger partial charge in [0, 0.05) is 18.7 Å². The molecular formula is C11H16FN3O3S. The average Bonchev–Trinajstić information content (AvgIpc) is 2.67. The number of carbonyl (C=O) groups excluding carboxylic acids is 1. The predicted molar refractivity (Wildman–Crippen MR) is 67.2 cm³/mol. The van der Waals surface area contributed by atoms with Crippen molar-refractivity contribution in [2.75, 3.05) is 18.2 Å². The van der Waals surface area contributed by atoms with E-state index < -0.39 is 27.1 Å². The van der Waals surface area contributed by atoms with Crippen molar-refractivity contribution in [3.63, 3.8) is 0 Å². The Bertz CT molecular complexity index is 589. The molecule has 1 amide bonds. The van der Waals surface area contributed by atoms with Gasteiger partial charge in [0.05, 0.1) is 17.5 Å². The molecule has 1 aromatic heterocycles. The number of halogens is 1. The lowest BCUT2D eigenvalue weighted by molar-refractivity contribution is 0.0766. The molecule has 0 bridgehead atoms. The summed E-state index contributed by atoms with van der Waals surface area (Å²) in [5.41, 5.74) is -0.705. The van der Waals surface area contributed by atoms with Crippen LogP contribution in [0.4, 0.5) is 4.39 Å². The fourth-order valence-corrected chi connectivity index (χ4v) is 3.99. The van der Waals surface area contributed by atoms with Gasteiger partial charge in [-0.05, 0) is 13.8 Å². The van der Waals surface area contributed by atoms with Crippen molar-refractivity contribution < 1.29 is 17.6 Å². The molecule has 0 atom stereocenters. The molecule has 0 radical (unpaired) electrons. The maximum Gasteiger partial charge on any atom is 0.258 e.